The fourth-order valence-electron chi connectivity index (χ4n) is 1.64. The Kier molecular flexibility index (Phi) is 2.63. The van der Waals surface area contributed by atoms with E-state index in [4.69, 9.17) is 0 Å². The Labute approximate surface area is 84.7 Å². The standard InChI is InChI=1S/C12H16S/c1-9-5-3-6-10(2)12(9)13-11-7-4-8-11/h3,5-6,11H,4,7-8H2,1-2H3. The fraction of sp³-hybridized carbons (Fsp3) is 0.500. The van der Waals surface area contributed by atoms with Gasteiger partial charge in [0.15, 0.2) is 0 Å². The topological polar surface area (TPSA) is 0 Å². The van der Waals surface area contributed by atoms with Gasteiger partial charge in [0.1, 0.15) is 0 Å². The van der Waals surface area contributed by atoms with E-state index >= 15 is 0 Å². The highest BCUT2D eigenvalue weighted by molar-refractivity contribution is 8.00. The van der Waals surface area contributed by atoms with Crippen LogP contribution in [0.1, 0.15) is 30.4 Å². The van der Waals surface area contributed by atoms with Crippen molar-refractivity contribution in [3.8, 4) is 0 Å². The average molecular weight is 192 g/mol. The van der Waals surface area contributed by atoms with E-state index in [1.807, 2.05) is 0 Å². The molecule has 1 fully saturated rings. The Hall–Kier alpha value is -0.430. The number of benzene rings is 1. The fourth-order valence-corrected chi connectivity index (χ4v) is 3.05. The molecule has 1 aliphatic rings. The second-order valence-electron chi connectivity index (χ2n) is 3.89. The molecule has 70 valence electrons. The van der Waals surface area contributed by atoms with Crippen molar-refractivity contribution in [3.05, 3.63) is 29.3 Å². The molecule has 1 saturated carbocycles. The largest absolute Gasteiger partial charge is 0.122 e. The Morgan fingerprint density at radius 1 is 1.15 bits per heavy atom. The molecule has 1 aromatic carbocycles. The highest BCUT2D eigenvalue weighted by atomic mass is 32.2. The maximum absolute atomic E-state index is 2.22. The lowest BCUT2D eigenvalue weighted by Crippen LogP contribution is -2.13. The van der Waals surface area contributed by atoms with Crippen LogP contribution in [0.4, 0.5) is 0 Å². The molecule has 1 aliphatic carbocycles. The van der Waals surface area contributed by atoms with Crippen molar-refractivity contribution in [2.45, 2.75) is 43.3 Å². The molecule has 0 heterocycles. The van der Waals surface area contributed by atoms with E-state index in [1.54, 1.807) is 0 Å². The van der Waals surface area contributed by atoms with Crippen LogP contribution in [0.2, 0.25) is 0 Å². The Morgan fingerprint density at radius 3 is 2.23 bits per heavy atom. The third kappa shape index (κ3) is 1.91. The second-order valence-corrected chi connectivity index (χ2v) is 5.20. The molecule has 0 saturated heterocycles. The molecule has 2 rings (SSSR count). The van der Waals surface area contributed by atoms with Crippen LogP contribution in [-0.4, -0.2) is 5.25 Å². The van der Waals surface area contributed by atoms with Gasteiger partial charge in [-0.2, -0.15) is 0 Å². The molecule has 13 heavy (non-hydrogen) atoms. The summed E-state index contributed by atoms with van der Waals surface area (Å²) in [5.41, 5.74) is 2.88. The predicted molar refractivity (Wildman–Crippen MR) is 59.4 cm³/mol. The molecule has 0 atom stereocenters. The lowest BCUT2D eigenvalue weighted by molar-refractivity contribution is 0.522. The summed E-state index contributed by atoms with van der Waals surface area (Å²) in [4.78, 5) is 1.52. The second kappa shape index (κ2) is 3.75. The SMILES string of the molecule is Cc1cccc(C)c1SC1CCC1. The summed E-state index contributed by atoms with van der Waals surface area (Å²) < 4.78 is 0. The first-order valence-electron chi connectivity index (χ1n) is 5.00. The van der Waals surface area contributed by atoms with Crippen molar-refractivity contribution >= 4 is 11.8 Å². The van der Waals surface area contributed by atoms with E-state index in [9.17, 15) is 0 Å². The minimum absolute atomic E-state index is 0.903. The molecular weight excluding hydrogens is 176 g/mol. The summed E-state index contributed by atoms with van der Waals surface area (Å²) >= 11 is 2.08. The van der Waals surface area contributed by atoms with Crippen LogP contribution in [0.5, 0.6) is 0 Å². The normalized spacial score (nSPS) is 17.1. The van der Waals surface area contributed by atoms with Crippen LogP contribution in [0.3, 0.4) is 0 Å². The van der Waals surface area contributed by atoms with Gasteiger partial charge in [0.25, 0.3) is 0 Å². The maximum Gasteiger partial charge on any atom is 0.0133 e. The van der Waals surface area contributed by atoms with Crippen molar-refractivity contribution in [3.63, 3.8) is 0 Å². The lowest BCUT2D eigenvalue weighted by atomic mass is 10.00. The summed E-state index contributed by atoms with van der Waals surface area (Å²) in [5.74, 6) is 0. The van der Waals surface area contributed by atoms with Gasteiger partial charge in [0.2, 0.25) is 0 Å². The Balaban J connectivity index is 2.17. The van der Waals surface area contributed by atoms with Crippen LogP contribution in [-0.2, 0) is 0 Å². The first-order chi connectivity index (χ1) is 6.27. The monoisotopic (exact) mass is 192 g/mol. The first-order valence-corrected chi connectivity index (χ1v) is 5.88. The third-order valence-corrected chi connectivity index (χ3v) is 4.43. The average Bonchev–Trinajstić information content (AvgIpc) is 2.00. The van der Waals surface area contributed by atoms with Crippen LogP contribution < -0.4 is 0 Å². The van der Waals surface area contributed by atoms with E-state index in [1.165, 1.54) is 35.3 Å². The highest BCUT2D eigenvalue weighted by Gasteiger charge is 2.19. The van der Waals surface area contributed by atoms with Crippen molar-refractivity contribution in [1.29, 1.82) is 0 Å². The van der Waals surface area contributed by atoms with E-state index in [-0.39, 0.29) is 0 Å². The summed E-state index contributed by atoms with van der Waals surface area (Å²) in [5, 5.41) is 0.903. The zero-order valence-electron chi connectivity index (χ0n) is 8.34. The molecule has 0 unspecified atom stereocenters. The van der Waals surface area contributed by atoms with Gasteiger partial charge in [-0.1, -0.05) is 24.6 Å². The van der Waals surface area contributed by atoms with E-state index in [0.29, 0.717) is 0 Å². The van der Waals surface area contributed by atoms with Crippen LogP contribution >= 0.6 is 11.8 Å². The quantitative estimate of drug-likeness (QED) is 0.683. The zero-order chi connectivity index (χ0) is 9.26. The van der Waals surface area contributed by atoms with Crippen molar-refractivity contribution in [1.82, 2.24) is 0 Å². The molecule has 0 amide bonds. The first kappa shape index (κ1) is 9.14. The molecule has 0 spiro atoms. The van der Waals surface area contributed by atoms with Crippen molar-refractivity contribution < 1.29 is 0 Å². The van der Waals surface area contributed by atoms with Gasteiger partial charge in [0.05, 0.1) is 0 Å². The smallest absolute Gasteiger partial charge is 0.0133 e. The number of hydrogen-bond acceptors (Lipinski definition) is 1. The lowest BCUT2D eigenvalue weighted by Gasteiger charge is -2.26. The molecule has 0 nitrogen and oxygen atoms in total. The van der Waals surface area contributed by atoms with Gasteiger partial charge in [-0.05, 0) is 37.8 Å². The predicted octanol–water partition coefficient (Wildman–Crippen LogP) is 3.95. The number of hydrogen-bond donors (Lipinski definition) is 0. The van der Waals surface area contributed by atoms with Crippen LogP contribution in [0.25, 0.3) is 0 Å². The molecule has 1 aromatic rings. The molecule has 0 bridgehead atoms. The van der Waals surface area contributed by atoms with Crippen molar-refractivity contribution in [2.24, 2.45) is 0 Å². The van der Waals surface area contributed by atoms with E-state index < -0.39 is 0 Å². The van der Waals surface area contributed by atoms with Gasteiger partial charge < -0.3 is 0 Å². The summed E-state index contributed by atoms with van der Waals surface area (Å²) in [6.45, 7) is 4.43. The number of rotatable bonds is 2. The number of thioether (sulfide) groups is 1. The summed E-state index contributed by atoms with van der Waals surface area (Å²) in [6, 6.07) is 6.58. The van der Waals surface area contributed by atoms with Gasteiger partial charge in [-0.3, -0.25) is 0 Å². The van der Waals surface area contributed by atoms with Gasteiger partial charge in [0, 0.05) is 10.1 Å². The maximum atomic E-state index is 2.22. The molecule has 0 aromatic heterocycles. The van der Waals surface area contributed by atoms with Crippen molar-refractivity contribution in [2.75, 3.05) is 0 Å². The Morgan fingerprint density at radius 2 is 1.77 bits per heavy atom. The van der Waals surface area contributed by atoms with Crippen LogP contribution in [0.15, 0.2) is 23.1 Å². The molecule has 0 radical (unpaired) electrons. The summed E-state index contributed by atoms with van der Waals surface area (Å²) in [6.07, 6.45) is 4.26. The van der Waals surface area contributed by atoms with Gasteiger partial charge in [-0.15, -0.1) is 11.8 Å². The van der Waals surface area contributed by atoms with Gasteiger partial charge >= 0.3 is 0 Å². The third-order valence-electron chi connectivity index (χ3n) is 2.75. The minimum Gasteiger partial charge on any atom is -0.122 e. The molecule has 0 aliphatic heterocycles. The summed E-state index contributed by atoms with van der Waals surface area (Å²) in [7, 11) is 0. The number of aryl methyl sites for hydroxylation is 2. The Bertz CT molecular complexity index is 280. The van der Waals surface area contributed by atoms with Crippen LogP contribution in [0, 0.1) is 13.8 Å². The molecule has 0 N–H and O–H groups in total. The molecule has 1 heteroatoms. The van der Waals surface area contributed by atoms with E-state index in [0.717, 1.165) is 5.25 Å². The molecular formula is C12H16S. The minimum atomic E-state index is 0.903. The zero-order valence-corrected chi connectivity index (χ0v) is 9.16. The van der Waals surface area contributed by atoms with Gasteiger partial charge in [-0.25, -0.2) is 0 Å². The van der Waals surface area contributed by atoms with E-state index in [2.05, 4.69) is 43.8 Å². The highest BCUT2D eigenvalue weighted by Crippen LogP contribution is 2.38.